The average molecular weight is 134 g/mol. The van der Waals surface area contributed by atoms with Gasteiger partial charge in [0.2, 0.25) is 0 Å². The van der Waals surface area contributed by atoms with Gasteiger partial charge < -0.3 is 0 Å². The van der Waals surface area contributed by atoms with E-state index in [0.29, 0.717) is 0 Å². The second kappa shape index (κ2) is 2.95. The maximum absolute atomic E-state index is 9.74. The summed E-state index contributed by atoms with van der Waals surface area (Å²) in [6.07, 6.45) is 0. The Morgan fingerprint density at radius 3 is 2.00 bits per heavy atom. The Kier molecular flexibility index (Phi) is 2.56. The maximum Gasteiger partial charge on any atom is 0.273 e. The van der Waals surface area contributed by atoms with Gasteiger partial charge in [0.1, 0.15) is 0 Å². The van der Waals surface area contributed by atoms with Crippen molar-refractivity contribution in [3.05, 3.63) is 20.2 Å². The highest BCUT2D eigenvalue weighted by atomic mass is 16.6. The predicted molar refractivity (Wildman–Crippen MR) is 28.3 cm³/mol. The minimum atomic E-state index is -1.08. The summed E-state index contributed by atoms with van der Waals surface area (Å²) in [6, 6.07) is -1.08. The van der Waals surface area contributed by atoms with E-state index in [9.17, 15) is 20.2 Å². The number of nitro groups is 2. The number of hydrogen-bond donors (Lipinski definition) is 0. The summed E-state index contributed by atoms with van der Waals surface area (Å²) in [5, 5.41) is 19.4. The van der Waals surface area contributed by atoms with E-state index in [1.165, 1.54) is 6.92 Å². The van der Waals surface area contributed by atoms with Crippen LogP contribution in [0.2, 0.25) is 0 Å². The average Bonchev–Trinajstić information content (AvgIpc) is 1.63. The normalized spacial score (nSPS) is 12.6. The summed E-state index contributed by atoms with van der Waals surface area (Å²) >= 11 is 0. The van der Waals surface area contributed by atoms with Gasteiger partial charge in [0.05, 0.1) is 0 Å². The van der Waals surface area contributed by atoms with Crippen molar-refractivity contribution in [2.24, 2.45) is 0 Å². The third-order valence-electron chi connectivity index (χ3n) is 0.773. The first-order valence-corrected chi connectivity index (χ1v) is 2.29. The summed E-state index contributed by atoms with van der Waals surface area (Å²) in [5.74, 6) is 0. The quantitative estimate of drug-likeness (QED) is 0.399. The zero-order valence-corrected chi connectivity index (χ0v) is 4.81. The Bertz CT molecular complexity index is 134. The van der Waals surface area contributed by atoms with Gasteiger partial charge in [-0.05, 0) is 0 Å². The van der Waals surface area contributed by atoms with Crippen molar-refractivity contribution < 1.29 is 9.85 Å². The van der Waals surface area contributed by atoms with Crippen molar-refractivity contribution in [1.29, 1.82) is 0 Å². The Morgan fingerprint density at radius 2 is 1.89 bits per heavy atom. The molecule has 0 rings (SSSR count). The molecule has 0 fully saturated rings. The molecule has 52 valence electrons. The van der Waals surface area contributed by atoms with Crippen LogP contribution in [-0.4, -0.2) is 22.4 Å². The van der Waals surface area contributed by atoms with Crippen molar-refractivity contribution >= 4 is 0 Å². The van der Waals surface area contributed by atoms with Gasteiger partial charge >= 0.3 is 0 Å². The Labute approximate surface area is 50.8 Å². The lowest BCUT2D eigenvalue weighted by Crippen LogP contribution is -2.24. The van der Waals surface area contributed by atoms with Crippen molar-refractivity contribution in [3.8, 4) is 0 Å². The lowest BCUT2D eigenvalue weighted by molar-refractivity contribution is -0.584. The van der Waals surface area contributed by atoms with E-state index in [0.717, 1.165) is 0 Å². The summed E-state index contributed by atoms with van der Waals surface area (Å²) < 4.78 is 0. The third-order valence-corrected chi connectivity index (χ3v) is 0.773. The molecular weight excluding hydrogens is 128 g/mol. The van der Waals surface area contributed by atoms with Crippen molar-refractivity contribution in [3.63, 3.8) is 0 Å². The largest absolute Gasteiger partial charge is 0.273 e. The molecule has 0 aromatic rings. The fourth-order valence-corrected chi connectivity index (χ4v) is 0.282. The Balaban J connectivity index is 3.63. The van der Waals surface area contributed by atoms with Crippen LogP contribution in [0.3, 0.4) is 0 Å². The number of hydrogen-bond acceptors (Lipinski definition) is 4. The molecule has 9 heavy (non-hydrogen) atoms. The molecule has 0 aliphatic heterocycles. The van der Waals surface area contributed by atoms with Gasteiger partial charge in [0, 0.05) is 16.8 Å². The molecule has 6 heteroatoms. The molecule has 0 saturated carbocycles. The van der Waals surface area contributed by atoms with Crippen LogP contribution < -0.4 is 0 Å². The molecule has 6 nitrogen and oxygen atoms in total. The summed E-state index contributed by atoms with van der Waals surface area (Å²) in [7, 11) is 0. The molecule has 0 bridgehead atoms. The first kappa shape index (κ1) is 7.80. The minimum absolute atomic E-state index is 0.604. The molecule has 0 aliphatic carbocycles. The van der Waals surface area contributed by atoms with Gasteiger partial charge in [-0.2, -0.15) is 0 Å². The highest BCUT2D eigenvalue weighted by molar-refractivity contribution is 4.41. The predicted octanol–water partition coefficient (Wildman–Crippen LogP) is -0.0717. The molecule has 0 heterocycles. The van der Waals surface area contributed by atoms with Crippen LogP contribution in [0.1, 0.15) is 6.92 Å². The lowest BCUT2D eigenvalue weighted by atomic mass is 10.4. The molecule has 0 aliphatic rings. The maximum atomic E-state index is 9.74. The van der Waals surface area contributed by atoms with Crippen LogP contribution >= 0.6 is 0 Å². The van der Waals surface area contributed by atoms with Crippen LogP contribution in [0.4, 0.5) is 0 Å². The van der Waals surface area contributed by atoms with E-state index in [1.54, 1.807) is 0 Å². The van der Waals surface area contributed by atoms with Crippen LogP contribution in [0.15, 0.2) is 0 Å². The molecule has 1 unspecified atom stereocenters. The highest BCUT2D eigenvalue weighted by Gasteiger charge is 2.18. The van der Waals surface area contributed by atoms with Gasteiger partial charge in [0.15, 0.2) is 0 Å². The van der Waals surface area contributed by atoms with Crippen molar-refractivity contribution in [2.45, 2.75) is 13.0 Å². The fourth-order valence-electron chi connectivity index (χ4n) is 0.282. The van der Waals surface area contributed by atoms with Gasteiger partial charge in [-0.1, -0.05) is 0 Å². The van der Waals surface area contributed by atoms with Crippen molar-refractivity contribution in [2.75, 3.05) is 6.54 Å². The van der Waals surface area contributed by atoms with E-state index in [2.05, 4.69) is 0 Å². The van der Waals surface area contributed by atoms with Crippen molar-refractivity contribution in [1.82, 2.24) is 0 Å². The summed E-state index contributed by atoms with van der Waals surface area (Å²) in [4.78, 5) is 18.0. The van der Waals surface area contributed by atoms with Gasteiger partial charge in [-0.25, -0.2) is 0 Å². The van der Waals surface area contributed by atoms with Crippen LogP contribution in [-0.2, 0) is 0 Å². The second-order valence-corrected chi connectivity index (χ2v) is 1.65. The standard InChI is InChI=1S/C3H6N2O4/c1-3(5(8)9)2-4(6)7/h3H,2H2,1H3. The molecule has 0 aromatic carbocycles. The first-order chi connectivity index (χ1) is 4.04. The monoisotopic (exact) mass is 134 g/mol. The molecule has 0 saturated heterocycles. The van der Waals surface area contributed by atoms with Crippen LogP contribution in [0, 0.1) is 20.2 Å². The van der Waals surface area contributed by atoms with E-state index in [1.807, 2.05) is 0 Å². The van der Waals surface area contributed by atoms with E-state index >= 15 is 0 Å². The molecular formula is C3H6N2O4. The zero-order chi connectivity index (χ0) is 7.44. The van der Waals surface area contributed by atoms with E-state index in [4.69, 9.17) is 0 Å². The summed E-state index contributed by atoms with van der Waals surface area (Å²) in [5.41, 5.74) is 0. The Morgan fingerprint density at radius 1 is 1.44 bits per heavy atom. The van der Waals surface area contributed by atoms with Crippen LogP contribution in [0.5, 0.6) is 0 Å². The topological polar surface area (TPSA) is 86.3 Å². The molecule has 0 amide bonds. The molecule has 0 radical (unpaired) electrons. The number of nitrogens with zero attached hydrogens (tertiary/aromatic N) is 2. The molecule has 1 atom stereocenters. The Hall–Kier alpha value is -1.20. The van der Waals surface area contributed by atoms with Gasteiger partial charge in [-0.15, -0.1) is 0 Å². The molecule has 0 N–H and O–H groups in total. The lowest BCUT2D eigenvalue weighted by Gasteiger charge is -1.94. The van der Waals surface area contributed by atoms with E-state index in [-0.39, 0.29) is 0 Å². The molecule has 0 spiro atoms. The smallest absolute Gasteiger partial charge is 0.264 e. The highest BCUT2D eigenvalue weighted by Crippen LogP contribution is 1.86. The second-order valence-electron chi connectivity index (χ2n) is 1.65. The van der Waals surface area contributed by atoms with Gasteiger partial charge in [0.25, 0.3) is 12.6 Å². The van der Waals surface area contributed by atoms with Gasteiger partial charge in [-0.3, -0.25) is 20.2 Å². The summed E-state index contributed by atoms with van der Waals surface area (Å²) in [6.45, 7) is 0.593. The minimum Gasteiger partial charge on any atom is -0.264 e. The third kappa shape index (κ3) is 3.39. The number of rotatable bonds is 3. The molecule has 0 aromatic heterocycles. The fraction of sp³-hybridized carbons (Fsp3) is 1.00. The first-order valence-electron chi connectivity index (χ1n) is 2.29. The van der Waals surface area contributed by atoms with Crippen LogP contribution in [0.25, 0.3) is 0 Å². The SMILES string of the molecule is CC(C[N+](=O)[O-])[N+](=O)[O-]. The zero-order valence-electron chi connectivity index (χ0n) is 4.81. The van der Waals surface area contributed by atoms with E-state index < -0.39 is 22.4 Å².